The molecule has 0 radical (unpaired) electrons. The highest BCUT2D eigenvalue weighted by molar-refractivity contribution is 6.43. The van der Waals surface area contributed by atoms with Gasteiger partial charge in [-0.25, -0.2) is 4.98 Å². The van der Waals surface area contributed by atoms with Crippen molar-refractivity contribution in [3.8, 4) is 5.69 Å². The van der Waals surface area contributed by atoms with Crippen molar-refractivity contribution in [2.75, 3.05) is 30.4 Å². The fraction of sp³-hybridized carbons (Fsp3) is 0.524. The van der Waals surface area contributed by atoms with Crippen LogP contribution in [0.2, 0.25) is 10.0 Å². The summed E-state index contributed by atoms with van der Waals surface area (Å²) in [6, 6.07) is 5.26. The lowest BCUT2D eigenvalue weighted by molar-refractivity contribution is 0.342. The minimum Gasteiger partial charge on any atom is -0.356 e. The number of nitrogens with zero attached hydrogens (tertiary/aromatic N) is 3. The van der Waals surface area contributed by atoms with Gasteiger partial charge in [0.1, 0.15) is 11.6 Å². The van der Waals surface area contributed by atoms with Gasteiger partial charge in [-0.3, -0.25) is 9.36 Å². The molecular formula is C21H25Cl3N4O. The first-order chi connectivity index (χ1) is 13.9. The summed E-state index contributed by atoms with van der Waals surface area (Å²) < 4.78 is 1.54. The Hall–Kier alpha value is -1.27. The Labute approximate surface area is 185 Å². The topological polar surface area (TPSA) is 64.2 Å². The average molecular weight is 456 g/mol. The molecule has 4 atom stereocenters. The monoisotopic (exact) mass is 454 g/mol. The van der Waals surface area contributed by atoms with Crippen LogP contribution in [0.15, 0.2) is 23.0 Å². The normalized spacial score (nSPS) is 26.2. The second-order valence-corrected chi connectivity index (χ2v) is 9.29. The van der Waals surface area contributed by atoms with E-state index in [1.807, 2.05) is 13.8 Å². The van der Waals surface area contributed by atoms with Crippen molar-refractivity contribution in [1.29, 1.82) is 0 Å². The summed E-state index contributed by atoms with van der Waals surface area (Å²) in [6.07, 6.45) is 1.10. The molecule has 2 N–H and O–H groups in total. The largest absolute Gasteiger partial charge is 0.356 e. The van der Waals surface area contributed by atoms with Gasteiger partial charge >= 0.3 is 0 Å². The minimum atomic E-state index is -0.122. The van der Waals surface area contributed by atoms with Crippen LogP contribution in [0.4, 0.5) is 5.82 Å². The Kier molecular flexibility index (Phi) is 5.86. The predicted octanol–water partition coefficient (Wildman–Crippen LogP) is 4.04. The quantitative estimate of drug-likeness (QED) is 0.707. The number of benzene rings is 1. The van der Waals surface area contributed by atoms with Crippen molar-refractivity contribution >= 4 is 40.6 Å². The molecule has 8 heteroatoms. The lowest BCUT2D eigenvalue weighted by Crippen LogP contribution is -2.33. The van der Waals surface area contributed by atoms with Crippen LogP contribution in [0, 0.1) is 37.5 Å². The fourth-order valence-corrected chi connectivity index (χ4v) is 5.95. The summed E-state index contributed by atoms with van der Waals surface area (Å²) in [4.78, 5) is 20.3. The number of rotatable bonds is 4. The molecule has 1 aromatic heterocycles. The first-order valence-electron chi connectivity index (χ1n) is 9.93. The molecule has 1 aromatic carbocycles. The molecule has 0 spiro atoms. The molecule has 1 saturated carbocycles. The highest BCUT2D eigenvalue weighted by Gasteiger charge is 2.47. The third-order valence-electron chi connectivity index (χ3n) is 6.65. The highest BCUT2D eigenvalue weighted by atomic mass is 35.5. The molecule has 5 nitrogen and oxygen atoms in total. The smallest absolute Gasteiger partial charge is 0.263 e. The first kappa shape index (κ1) is 21.0. The Bertz CT molecular complexity index is 993. The van der Waals surface area contributed by atoms with Crippen LogP contribution in [0.1, 0.15) is 17.8 Å². The summed E-state index contributed by atoms with van der Waals surface area (Å²) in [7, 11) is 0. The van der Waals surface area contributed by atoms with E-state index in [1.165, 1.54) is 4.57 Å². The summed E-state index contributed by atoms with van der Waals surface area (Å²) in [5.74, 6) is 4.01. The van der Waals surface area contributed by atoms with Gasteiger partial charge in [0.2, 0.25) is 0 Å². The number of hydrogen-bond acceptors (Lipinski definition) is 4. The van der Waals surface area contributed by atoms with Crippen molar-refractivity contribution in [2.24, 2.45) is 29.4 Å². The van der Waals surface area contributed by atoms with Gasteiger partial charge in [-0.1, -0.05) is 29.3 Å². The number of hydrogen-bond donors (Lipinski definition) is 1. The molecule has 1 aliphatic heterocycles. The van der Waals surface area contributed by atoms with Gasteiger partial charge in [-0.15, -0.1) is 11.6 Å². The van der Waals surface area contributed by atoms with E-state index in [4.69, 9.17) is 45.5 Å². The maximum atomic E-state index is 13.3. The van der Waals surface area contributed by atoms with Gasteiger partial charge in [0.05, 0.1) is 21.3 Å². The van der Waals surface area contributed by atoms with E-state index in [0.29, 0.717) is 63.2 Å². The molecule has 0 bridgehead atoms. The van der Waals surface area contributed by atoms with Crippen LogP contribution < -0.4 is 16.2 Å². The van der Waals surface area contributed by atoms with Crippen molar-refractivity contribution in [2.45, 2.75) is 20.3 Å². The Balaban J connectivity index is 1.70. The van der Waals surface area contributed by atoms with Gasteiger partial charge in [0.15, 0.2) is 0 Å². The molecule has 2 aliphatic rings. The average Bonchev–Trinajstić information content (AvgIpc) is 3.25. The molecule has 2 unspecified atom stereocenters. The molecule has 1 saturated heterocycles. The maximum absolute atomic E-state index is 13.3. The molecule has 156 valence electrons. The van der Waals surface area contributed by atoms with Crippen LogP contribution in [0.25, 0.3) is 5.69 Å². The zero-order valence-electron chi connectivity index (χ0n) is 16.5. The molecule has 2 heterocycles. The SMILES string of the molecule is Cc1c(N2CC3[C@H](CC(CCl)[C@@H]3CN)C2)nc(C)n(-c2cccc(Cl)c2Cl)c1=O. The lowest BCUT2D eigenvalue weighted by atomic mass is 9.89. The van der Waals surface area contributed by atoms with Gasteiger partial charge < -0.3 is 10.6 Å². The zero-order chi connectivity index (χ0) is 20.9. The van der Waals surface area contributed by atoms with E-state index >= 15 is 0 Å². The van der Waals surface area contributed by atoms with E-state index in [2.05, 4.69) is 4.90 Å². The Morgan fingerprint density at radius 3 is 2.69 bits per heavy atom. The number of alkyl halides is 1. The Morgan fingerprint density at radius 2 is 2.00 bits per heavy atom. The van der Waals surface area contributed by atoms with Crippen LogP contribution in [-0.2, 0) is 0 Å². The molecule has 2 aromatic rings. The summed E-state index contributed by atoms with van der Waals surface area (Å²) in [5.41, 5.74) is 7.10. The van der Waals surface area contributed by atoms with Crippen LogP contribution in [-0.4, -0.2) is 35.1 Å². The minimum absolute atomic E-state index is 0.122. The van der Waals surface area contributed by atoms with Crippen molar-refractivity contribution in [1.82, 2.24) is 9.55 Å². The molecule has 0 amide bonds. The van der Waals surface area contributed by atoms with E-state index in [0.717, 1.165) is 25.3 Å². The molecule has 29 heavy (non-hydrogen) atoms. The summed E-state index contributed by atoms with van der Waals surface area (Å²) in [6.45, 7) is 6.07. The van der Waals surface area contributed by atoms with Gasteiger partial charge in [0.25, 0.3) is 5.56 Å². The number of fused-ring (bicyclic) bond motifs is 1. The van der Waals surface area contributed by atoms with E-state index < -0.39 is 0 Å². The predicted molar refractivity (Wildman–Crippen MR) is 120 cm³/mol. The Morgan fingerprint density at radius 1 is 1.24 bits per heavy atom. The summed E-state index contributed by atoms with van der Waals surface area (Å²) in [5, 5.41) is 0.758. The second-order valence-electron chi connectivity index (χ2n) is 8.20. The van der Waals surface area contributed by atoms with Gasteiger partial charge in [-0.2, -0.15) is 0 Å². The molecular weight excluding hydrogens is 431 g/mol. The third kappa shape index (κ3) is 3.46. The van der Waals surface area contributed by atoms with E-state index in [-0.39, 0.29) is 5.56 Å². The van der Waals surface area contributed by atoms with Crippen molar-refractivity contribution in [3.05, 3.63) is 50.0 Å². The van der Waals surface area contributed by atoms with E-state index in [1.54, 1.807) is 18.2 Å². The maximum Gasteiger partial charge on any atom is 0.263 e. The standard InChI is InChI=1S/C21H25Cl3N4O/c1-11-20(27-9-14-6-13(7-22)15(8-25)16(14)10-27)26-12(2)28(21(11)29)18-5-3-4-17(23)19(18)24/h3-5,13-16H,6-10,25H2,1-2H3/t13?,14-,15+,16?/m1/s1. The van der Waals surface area contributed by atoms with Crippen molar-refractivity contribution < 1.29 is 0 Å². The number of aromatic nitrogens is 2. The zero-order valence-corrected chi connectivity index (χ0v) is 18.8. The van der Waals surface area contributed by atoms with Gasteiger partial charge in [0, 0.05) is 19.0 Å². The van der Waals surface area contributed by atoms with Gasteiger partial charge in [-0.05, 0) is 62.6 Å². The summed E-state index contributed by atoms with van der Waals surface area (Å²) >= 11 is 18.7. The lowest BCUT2D eigenvalue weighted by Gasteiger charge is -2.26. The number of anilines is 1. The third-order valence-corrected chi connectivity index (χ3v) is 7.85. The van der Waals surface area contributed by atoms with Crippen LogP contribution >= 0.6 is 34.8 Å². The number of aryl methyl sites for hydroxylation is 1. The highest BCUT2D eigenvalue weighted by Crippen LogP contribution is 2.46. The number of halogens is 3. The fourth-order valence-electron chi connectivity index (χ4n) is 5.22. The molecule has 1 aliphatic carbocycles. The van der Waals surface area contributed by atoms with E-state index in [9.17, 15) is 4.79 Å². The van der Waals surface area contributed by atoms with Crippen molar-refractivity contribution in [3.63, 3.8) is 0 Å². The van der Waals surface area contributed by atoms with Crippen LogP contribution in [0.5, 0.6) is 0 Å². The second kappa shape index (κ2) is 8.10. The number of nitrogens with two attached hydrogens (primary N) is 1. The first-order valence-corrected chi connectivity index (χ1v) is 11.2. The van der Waals surface area contributed by atoms with Crippen LogP contribution in [0.3, 0.4) is 0 Å². The molecule has 2 fully saturated rings. The molecule has 4 rings (SSSR count).